The highest BCUT2D eigenvalue weighted by Crippen LogP contribution is 2.27. The molecule has 0 atom stereocenters. The number of azo groups is 1. The van der Waals surface area contributed by atoms with Crippen molar-refractivity contribution in [1.29, 1.82) is 5.26 Å². The van der Waals surface area contributed by atoms with E-state index in [1.807, 2.05) is 68.4 Å². The van der Waals surface area contributed by atoms with E-state index in [1.165, 1.54) is 11.1 Å². The zero-order valence-electron chi connectivity index (χ0n) is 15.6. The molecule has 0 radical (unpaired) electrons. The summed E-state index contributed by atoms with van der Waals surface area (Å²) < 4.78 is 0. The molecule has 27 heavy (non-hydrogen) atoms. The van der Waals surface area contributed by atoms with Gasteiger partial charge in [-0.25, -0.2) is 0 Å². The Morgan fingerprint density at radius 3 is 2.30 bits per heavy atom. The Kier molecular flexibility index (Phi) is 5.96. The van der Waals surface area contributed by atoms with Gasteiger partial charge in [-0.2, -0.15) is 15.5 Å². The van der Waals surface area contributed by atoms with Crippen LogP contribution in [-0.4, -0.2) is 6.54 Å². The van der Waals surface area contributed by atoms with Crippen LogP contribution >= 0.6 is 0 Å². The van der Waals surface area contributed by atoms with E-state index in [0.717, 1.165) is 22.6 Å². The van der Waals surface area contributed by atoms with Gasteiger partial charge < -0.3 is 4.90 Å². The molecular weight excluding hydrogens is 332 g/mol. The Hall–Kier alpha value is -3.45. The minimum Gasteiger partial charge on any atom is -0.354 e. The minimum absolute atomic E-state index is 0.332. The Morgan fingerprint density at radius 2 is 1.63 bits per heavy atom. The fourth-order valence-corrected chi connectivity index (χ4v) is 2.80. The van der Waals surface area contributed by atoms with Crippen molar-refractivity contribution >= 4 is 17.1 Å². The van der Waals surface area contributed by atoms with Crippen LogP contribution in [0, 0.1) is 25.2 Å². The fourth-order valence-electron chi connectivity index (χ4n) is 2.80. The molecule has 3 aromatic carbocycles. The van der Waals surface area contributed by atoms with Crippen LogP contribution in [0.1, 0.15) is 16.7 Å². The van der Waals surface area contributed by atoms with E-state index >= 15 is 0 Å². The van der Waals surface area contributed by atoms with Gasteiger partial charge in [0, 0.05) is 12.2 Å². The molecule has 0 aliphatic heterocycles. The first-order valence-corrected chi connectivity index (χ1v) is 8.90. The van der Waals surface area contributed by atoms with E-state index < -0.39 is 0 Å². The molecule has 0 aliphatic carbocycles. The van der Waals surface area contributed by atoms with E-state index in [-0.39, 0.29) is 0 Å². The number of benzene rings is 3. The lowest BCUT2D eigenvalue weighted by Crippen LogP contribution is -2.22. The first-order valence-electron chi connectivity index (χ1n) is 8.90. The van der Waals surface area contributed by atoms with E-state index in [4.69, 9.17) is 0 Å². The lowest BCUT2D eigenvalue weighted by Gasteiger charge is -2.22. The molecule has 134 valence electrons. The molecule has 0 N–H and O–H groups in total. The Balaban J connectivity index is 1.79. The third kappa shape index (κ3) is 5.02. The second-order valence-electron chi connectivity index (χ2n) is 6.51. The molecule has 0 amide bonds. The highest BCUT2D eigenvalue weighted by Gasteiger charge is 2.09. The maximum absolute atomic E-state index is 9.20. The van der Waals surface area contributed by atoms with Gasteiger partial charge in [-0.05, 0) is 55.3 Å². The van der Waals surface area contributed by atoms with Crippen LogP contribution in [0.25, 0.3) is 0 Å². The largest absolute Gasteiger partial charge is 0.354 e. The van der Waals surface area contributed by atoms with E-state index in [9.17, 15) is 5.26 Å². The second kappa shape index (κ2) is 8.77. The number of aryl methyl sites for hydroxylation is 2. The first-order chi connectivity index (χ1) is 13.2. The van der Waals surface area contributed by atoms with Crippen molar-refractivity contribution in [2.75, 3.05) is 11.4 Å². The predicted octanol–water partition coefficient (Wildman–Crippen LogP) is 6.25. The maximum atomic E-state index is 9.20. The normalized spacial score (nSPS) is 10.7. The Labute approximate surface area is 160 Å². The molecule has 3 rings (SSSR count). The first kappa shape index (κ1) is 18.3. The average Bonchev–Trinajstić information content (AvgIpc) is 2.69. The van der Waals surface area contributed by atoms with E-state index in [0.29, 0.717) is 13.1 Å². The zero-order valence-corrected chi connectivity index (χ0v) is 15.6. The van der Waals surface area contributed by atoms with E-state index in [2.05, 4.69) is 39.4 Å². The number of rotatable bonds is 6. The molecule has 0 bridgehead atoms. The lowest BCUT2D eigenvalue weighted by molar-refractivity contribution is 0.871. The summed E-state index contributed by atoms with van der Waals surface area (Å²) in [5, 5.41) is 17.9. The molecule has 3 aromatic rings. The van der Waals surface area contributed by atoms with Crippen LogP contribution in [0.2, 0.25) is 0 Å². The molecule has 0 saturated heterocycles. The van der Waals surface area contributed by atoms with Crippen molar-refractivity contribution in [2.45, 2.75) is 20.4 Å². The van der Waals surface area contributed by atoms with Gasteiger partial charge >= 0.3 is 0 Å². The van der Waals surface area contributed by atoms with Crippen LogP contribution in [0.4, 0.5) is 17.1 Å². The molecule has 0 saturated carbocycles. The Bertz CT molecular complexity index is 954. The third-order valence-corrected chi connectivity index (χ3v) is 4.33. The fraction of sp³-hybridized carbons (Fsp3) is 0.174. The van der Waals surface area contributed by atoms with Crippen molar-refractivity contribution in [2.24, 2.45) is 10.2 Å². The number of hydrogen-bond donors (Lipinski definition) is 0. The number of nitrogens with zero attached hydrogens (tertiary/aromatic N) is 4. The topological polar surface area (TPSA) is 51.8 Å². The zero-order chi connectivity index (χ0) is 19.1. The summed E-state index contributed by atoms with van der Waals surface area (Å²) in [6.45, 7) is 5.09. The van der Waals surface area contributed by atoms with E-state index in [1.54, 1.807) is 0 Å². The van der Waals surface area contributed by atoms with Crippen LogP contribution in [0.5, 0.6) is 0 Å². The number of nitriles is 1. The second-order valence-corrected chi connectivity index (χ2v) is 6.51. The number of hydrogen-bond acceptors (Lipinski definition) is 4. The van der Waals surface area contributed by atoms with Gasteiger partial charge in [-0.3, -0.25) is 0 Å². The van der Waals surface area contributed by atoms with Gasteiger partial charge in [0.25, 0.3) is 0 Å². The van der Waals surface area contributed by atoms with Crippen molar-refractivity contribution in [3.8, 4) is 6.07 Å². The predicted molar refractivity (Wildman–Crippen MR) is 110 cm³/mol. The summed E-state index contributed by atoms with van der Waals surface area (Å²) in [6, 6.07) is 26.4. The summed E-state index contributed by atoms with van der Waals surface area (Å²) in [5.74, 6) is 0. The maximum Gasteiger partial charge on any atom is 0.106 e. The van der Waals surface area contributed by atoms with Gasteiger partial charge in [-0.1, -0.05) is 48.0 Å². The average molecular weight is 354 g/mol. The standard InChI is InChI=1S/C23H22N4/c1-18-8-10-21(11-9-18)25-26-23-13-12-22(16-19(23)2)27(15-14-24)17-20-6-4-3-5-7-20/h3-13,16H,15,17H2,1-2H3. The molecule has 0 heterocycles. The van der Waals surface area contributed by atoms with Crippen LogP contribution in [0.15, 0.2) is 83.0 Å². The van der Waals surface area contributed by atoms with Crippen molar-refractivity contribution < 1.29 is 0 Å². The SMILES string of the molecule is Cc1ccc(N=Nc2ccc(N(CC#N)Cc3ccccc3)cc2C)cc1. The van der Waals surface area contributed by atoms with Gasteiger partial charge in [0.15, 0.2) is 0 Å². The van der Waals surface area contributed by atoms with Gasteiger partial charge in [0.1, 0.15) is 6.54 Å². The summed E-state index contributed by atoms with van der Waals surface area (Å²) in [6.07, 6.45) is 0. The summed E-state index contributed by atoms with van der Waals surface area (Å²) in [5.41, 5.74) is 6.07. The molecule has 0 fully saturated rings. The molecule has 4 heteroatoms. The van der Waals surface area contributed by atoms with Crippen molar-refractivity contribution in [3.63, 3.8) is 0 Å². The quantitative estimate of drug-likeness (QED) is 0.388. The third-order valence-electron chi connectivity index (χ3n) is 4.33. The van der Waals surface area contributed by atoms with Crippen molar-refractivity contribution in [3.05, 3.63) is 89.5 Å². The minimum atomic E-state index is 0.332. The van der Waals surface area contributed by atoms with Crippen LogP contribution in [0.3, 0.4) is 0 Å². The Morgan fingerprint density at radius 1 is 0.889 bits per heavy atom. The lowest BCUT2D eigenvalue weighted by atomic mass is 10.1. The van der Waals surface area contributed by atoms with Crippen molar-refractivity contribution in [1.82, 2.24) is 0 Å². The number of anilines is 1. The van der Waals surface area contributed by atoms with Gasteiger partial charge in [0.05, 0.1) is 17.4 Å². The smallest absolute Gasteiger partial charge is 0.106 e. The summed E-state index contributed by atoms with van der Waals surface area (Å²) in [4.78, 5) is 2.06. The molecule has 4 nitrogen and oxygen atoms in total. The molecular formula is C23H22N4. The molecule has 0 aliphatic rings. The summed E-state index contributed by atoms with van der Waals surface area (Å²) in [7, 11) is 0. The summed E-state index contributed by atoms with van der Waals surface area (Å²) >= 11 is 0. The highest BCUT2D eigenvalue weighted by molar-refractivity contribution is 5.58. The van der Waals surface area contributed by atoms with Crippen LogP contribution in [-0.2, 0) is 6.54 Å². The van der Waals surface area contributed by atoms with Gasteiger partial charge in [0.2, 0.25) is 0 Å². The molecule has 0 unspecified atom stereocenters. The highest BCUT2D eigenvalue weighted by atomic mass is 15.1. The monoisotopic (exact) mass is 354 g/mol. The van der Waals surface area contributed by atoms with Gasteiger partial charge in [-0.15, -0.1) is 0 Å². The molecule has 0 aromatic heterocycles. The van der Waals surface area contributed by atoms with Crippen LogP contribution < -0.4 is 4.90 Å². The molecule has 0 spiro atoms.